The average molecular weight is 322 g/mol. The van der Waals surface area contributed by atoms with E-state index in [1.165, 1.54) is 29.4 Å². The molecule has 112 valence electrons. The predicted octanol–water partition coefficient (Wildman–Crippen LogP) is 1.05. The molecule has 1 aliphatic heterocycles. The fraction of sp³-hybridized carbons (Fsp3) is 0.455. The van der Waals surface area contributed by atoms with Crippen LogP contribution in [0.15, 0.2) is 23.1 Å². The summed E-state index contributed by atoms with van der Waals surface area (Å²) in [6.07, 6.45) is 0.604. The van der Waals surface area contributed by atoms with Crippen LogP contribution in [0, 0.1) is 17.0 Å². The van der Waals surface area contributed by atoms with E-state index in [1.807, 2.05) is 0 Å². The Balaban J connectivity index is 0.00000200. The highest BCUT2D eigenvalue weighted by Crippen LogP contribution is 2.28. The number of nitrogens with zero attached hydrogens (tertiary/aromatic N) is 2. The van der Waals surface area contributed by atoms with E-state index >= 15 is 0 Å². The van der Waals surface area contributed by atoms with Crippen LogP contribution in [0.5, 0.6) is 0 Å². The van der Waals surface area contributed by atoms with E-state index in [-0.39, 0.29) is 41.1 Å². The van der Waals surface area contributed by atoms with Crippen LogP contribution in [-0.2, 0) is 10.0 Å². The second-order valence-electron chi connectivity index (χ2n) is 4.57. The van der Waals surface area contributed by atoms with Gasteiger partial charge in [-0.3, -0.25) is 10.1 Å². The summed E-state index contributed by atoms with van der Waals surface area (Å²) in [6, 6.07) is 3.90. The molecule has 20 heavy (non-hydrogen) atoms. The van der Waals surface area contributed by atoms with Gasteiger partial charge in [-0.25, -0.2) is 8.42 Å². The molecule has 1 atom stereocenters. The van der Waals surface area contributed by atoms with E-state index < -0.39 is 14.9 Å². The molecule has 0 radical (unpaired) electrons. The molecule has 0 unspecified atom stereocenters. The van der Waals surface area contributed by atoms with Gasteiger partial charge in [0, 0.05) is 30.8 Å². The highest BCUT2D eigenvalue weighted by atomic mass is 35.5. The largest absolute Gasteiger partial charge is 0.326 e. The van der Waals surface area contributed by atoms with Crippen molar-refractivity contribution < 1.29 is 13.3 Å². The molecule has 2 N–H and O–H groups in total. The van der Waals surface area contributed by atoms with Crippen molar-refractivity contribution in [3.63, 3.8) is 0 Å². The highest BCUT2D eigenvalue weighted by molar-refractivity contribution is 7.89. The van der Waals surface area contributed by atoms with Gasteiger partial charge in [-0.1, -0.05) is 6.07 Å². The molecule has 0 spiro atoms. The summed E-state index contributed by atoms with van der Waals surface area (Å²) in [6.45, 7) is 2.05. The number of hydrogen-bond donors (Lipinski definition) is 1. The number of nitro groups is 1. The molecule has 0 bridgehead atoms. The quantitative estimate of drug-likeness (QED) is 0.661. The molecule has 1 aromatic rings. The van der Waals surface area contributed by atoms with Gasteiger partial charge < -0.3 is 5.73 Å². The molecular weight excluding hydrogens is 306 g/mol. The summed E-state index contributed by atoms with van der Waals surface area (Å²) >= 11 is 0. The van der Waals surface area contributed by atoms with Gasteiger partial charge in [-0.15, -0.1) is 12.4 Å². The van der Waals surface area contributed by atoms with Gasteiger partial charge in [0.25, 0.3) is 5.69 Å². The van der Waals surface area contributed by atoms with Crippen molar-refractivity contribution >= 4 is 28.1 Å². The first kappa shape index (κ1) is 16.8. The summed E-state index contributed by atoms with van der Waals surface area (Å²) in [5.41, 5.74) is 5.67. The minimum absolute atomic E-state index is 0. The summed E-state index contributed by atoms with van der Waals surface area (Å²) < 4.78 is 26.1. The lowest BCUT2D eigenvalue weighted by Gasteiger charge is -2.17. The lowest BCUT2D eigenvalue weighted by molar-refractivity contribution is -0.385. The number of rotatable bonds is 3. The van der Waals surface area contributed by atoms with Crippen molar-refractivity contribution in [1.29, 1.82) is 0 Å². The lowest BCUT2D eigenvalue weighted by Crippen LogP contribution is -2.32. The van der Waals surface area contributed by atoms with Gasteiger partial charge in [-0.05, 0) is 19.4 Å². The molecule has 7 nitrogen and oxygen atoms in total. The number of benzene rings is 1. The minimum atomic E-state index is -3.71. The second-order valence-corrected chi connectivity index (χ2v) is 6.48. The third-order valence-electron chi connectivity index (χ3n) is 3.26. The molecule has 1 aromatic carbocycles. The maximum atomic E-state index is 12.4. The summed E-state index contributed by atoms with van der Waals surface area (Å²) in [5, 5.41) is 10.9. The van der Waals surface area contributed by atoms with Crippen LogP contribution in [0.4, 0.5) is 5.69 Å². The zero-order valence-corrected chi connectivity index (χ0v) is 12.5. The Morgan fingerprint density at radius 1 is 1.45 bits per heavy atom. The van der Waals surface area contributed by atoms with Crippen LogP contribution >= 0.6 is 12.4 Å². The first-order chi connectivity index (χ1) is 8.84. The van der Waals surface area contributed by atoms with Crippen LogP contribution in [0.3, 0.4) is 0 Å². The van der Waals surface area contributed by atoms with Gasteiger partial charge >= 0.3 is 0 Å². The van der Waals surface area contributed by atoms with Crippen molar-refractivity contribution in [2.45, 2.75) is 24.3 Å². The van der Waals surface area contributed by atoms with E-state index in [0.29, 0.717) is 13.0 Å². The monoisotopic (exact) mass is 321 g/mol. The molecular formula is C11H16ClN3O4S. The number of nitro benzene ring substituents is 1. The van der Waals surface area contributed by atoms with Crippen LogP contribution in [0.2, 0.25) is 0 Å². The predicted molar refractivity (Wildman–Crippen MR) is 76.4 cm³/mol. The molecule has 1 fully saturated rings. The number of sulfonamides is 1. The second kappa shape index (κ2) is 6.04. The third-order valence-corrected chi connectivity index (χ3v) is 5.27. The Morgan fingerprint density at radius 2 is 2.10 bits per heavy atom. The maximum Gasteiger partial charge on any atom is 0.273 e. The molecule has 1 saturated heterocycles. The molecule has 0 aliphatic carbocycles. The van der Waals surface area contributed by atoms with Crippen LogP contribution in [0.1, 0.15) is 12.0 Å². The van der Waals surface area contributed by atoms with E-state index in [2.05, 4.69) is 0 Å². The SMILES string of the molecule is Cc1c([N+](=O)[O-])cccc1S(=O)(=O)N1CC[C@@H](N)C1.Cl. The molecule has 0 aromatic heterocycles. The van der Waals surface area contributed by atoms with Crippen LogP contribution < -0.4 is 5.73 Å². The summed E-state index contributed by atoms with van der Waals surface area (Å²) in [7, 11) is -3.71. The molecule has 9 heteroatoms. The Bertz CT molecular complexity index is 620. The smallest absolute Gasteiger partial charge is 0.273 e. The number of hydrogen-bond acceptors (Lipinski definition) is 5. The average Bonchev–Trinajstić information content (AvgIpc) is 2.76. The zero-order valence-electron chi connectivity index (χ0n) is 10.9. The first-order valence-electron chi connectivity index (χ1n) is 5.84. The molecule has 2 rings (SSSR count). The van der Waals surface area contributed by atoms with Crippen molar-refractivity contribution in [2.24, 2.45) is 5.73 Å². The first-order valence-corrected chi connectivity index (χ1v) is 7.28. The van der Waals surface area contributed by atoms with Crippen molar-refractivity contribution in [1.82, 2.24) is 4.31 Å². The van der Waals surface area contributed by atoms with Gasteiger partial charge in [-0.2, -0.15) is 4.31 Å². The van der Waals surface area contributed by atoms with E-state index in [0.717, 1.165) is 0 Å². The van der Waals surface area contributed by atoms with Gasteiger partial charge in [0.15, 0.2) is 0 Å². The number of halogens is 1. The van der Waals surface area contributed by atoms with Crippen LogP contribution in [0.25, 0.3) is 0 Å². The normalized spacial score (nSPS) is 19.6. The number of nitrogens with two attached hydrogens (primary N) is 1. The molecule has 1 heterocycles. The fourth-order valence-electron chi connectivity index (χ4n) is 2.19. The Labute approximate surface area is 123 Å². The third kappa shape index (κ3) is 2.93. The zero-order chi connectivity index (χ0) is 14.2. The molecule has 0 saturated carbocycles. The summed E-state index contributed by atoms with van der Waals surface area (Å²) in [5.74, 6) is 0. The van der Waals surface area contributed by atoms with E-state index in [1.54, 1.807) is 0 Å². The Morgan fingerprint density at radius 3 is 2.60 bits per heavy atom. The van der Waals surface area contributed by atoms with Crippen molar-refractivity contribution in [2.75, 3.05) is 13.1 Å². The van der Waals surface area contributed by atoms with E-state index in [9.17, 15) is 18.5 Å². The summed E-state index contributed by atoms with van der Waals surface area (Å²) in [4.78, 5) is 10.3. The Hall–Kier alpha value is -1.22. The highest BCUT2D eigenvalue weighted by Gasteiger charge is 2.33. The minimum Gasteiger partial charge on any atom is -0.326 e. The standard InChI is InChI=1S/C11H15N3O4S.ClH/c1-8-10(14(15)16)3-2-4-11(8)19(17,18)13-6-5-9(12)7-13;/h2-4,9H,5-7,12H2,1H3;1H/t9-;/m1./s1. The van der Waals surface area contributed by atoms with Gasteiger partial charge in [0.1, 0.15) is 0 Å². The lowest BCUT2D eigenvalue weighted by atomic mass is 10.2. The van der Waals surface area contributed by atoms with Crippen LogP contribution in [-0.4, -0.2) is 36.8 Å². The van der Waals surface area contributed by atoms with E-state index in [4.69, 9.17) is 5.73 Å². The Kier molecular flexibility index (Phi) is 5.09. The van der Waals surface area contributed by atoms with Crippen molar-refractivity contribution in [3.8, 4) is 0 Å². The van der Waals surface area contributed by atoms with Crippen molar-refractivity contribution in [3.05, 3.63) is 33.9 Å². The fourth-order valence-corrected chi connectivity index (χ4v) is 3.95. The topological polar surface area (TPSA) is 107 Å². The molecule has 0 amide bonds. The van der Waals surface area contributed by atoms with Gasteiger partial charge in [0.05, 0.1) is 9.82 Å². The maximum absolute atomic E-state index is 12.4. The van der Waals surface area contributed by atoms with Gasteiger partial charge in [0.2, 0.25) is 10.0 Å². The molecule has 1 aliphatic rings.